The van der Waals surface area contributed by atoms with Crippen molar-refractivity contribution in [2.24, 2.45) is 0 Å². The third-order valence-electron chi connectivity index (χ3n) is 7.01. The van der Waals surface area contributed by atoms with Crippen LogP contribution in [0, 0.1) is 0 Å². The molecule has 0 fully saturated rings. The number of rotatable bonds is 7. The van der Waals surface area contributed by atoms with Crippen LogP contribution in [0.25, 0.3) is 16.5 Å². The molecule has 4 aromatic rings. The molecule has 1 unspecified atom stereocenters. The van der Waals surface area contributed by atoms with Crippen molar-refractivity contribution >= 4 is 53.5 Å². The molecule has 2 amide bonds. The van der Waals surface area contributed by atoms with Gasteiger partial charge >= 0.3 is 20.0 Å². The number of aromatic nitrogens is 1. The number of fused-ring (bicyclic) bond motifs is 1. The number of benzene rings is 3. The lowest BCUT2D eigenvalue weighted by Crippen LogP contribution is -2.58. The Balaban J connectivity index is 1.44. The molecule has 0 spiro atoms. The lowest BCUT2D eigenvalue weighted by molar-refractivity contribution is -0.177. The first kappa shape index (κ1) is 31.2. The van der Waals surface area contributed by atoms with E-state index in [0.717, 1.165) is 16.2 Å². The molecule has 4 N–H and O–H groups in total. The average Bonchev–Trinajstić information content (AvgIpc) is 3.32. The van der Waals surface area contributed by atoms with Gasteiger partial charge in [0.05, 0.1) is 17.8 Å². The number of allylic oxidation sites excluding steroid dienone is 2. The van der Waals surface area contributed by atoms with E-state index >= 15 is 0 Å². The van der Waals surface area contributed by atoms with E-state index in [4.69, 9.17) is 21.4 Å². The molecule has 0 radical (unpaired) electrons. The molecular formula is C30H24ClF3N3O6P. The number of phosphoric ester groups is 1. The summed E-state index contributed by atoms with van der Waals surface area (Å²) in [6.07, 6.45) is -0.537. The van der Waals surface area contributed by atoms with Gasteiger partial charge in [-0.05, 0) is 47.0 Å². The van der Waals surface area contributed by atoms with Gasteiger partial charge in [0.25, 0.3) is 5.91 Å². The van der Waals surface area contributed by atoms with Gasteiger partial charge < -0.3 is 20.4 Å². The molecule has 1 aliphatic carbocycles. The van der Waals surface area contributed by atoms with E-state index < -0.39 is 44.5 Å². The van der Waals surface area contributed by atoms with Gasteiger partial charge in [-0.3, -0.25) is 13.9 Å². The normalized spacial score (nSPS) is 16.9. The van der Waals surface area contributed by atoms with Crippen LogP contribution in [0.5, 0.6) is 0 Å². The number of carbonyl (C=O) groups is 2. The van der Waals surface area contributed by atoms with Crippen molar-refractivity contribution in [3.63, 3.8) is 0 Å². The zero-order chi connectivity index (χ0) is 31.7. The first-order valence-electron chi connectivity index (χ1n) is 13.0. The molecule has 3 aromatic carbocycles. The number of nitrogens with zero attached hydrogens (tertiary/aromatic N) is 1. The maximum Gasteiger partial charge on any atom is 0.469 e. The molecule has 1 aliphatic rings. The number of urea groups is 1. The number of anilines is 1. The standard InChI is InChI=1S/C30H24ClF3N3O6P/c31-22-10-11-26-24(16-22)25(17-37(26)27(38)23-9-5-4-8-21(23)18-43-44(40,41)42)35-28(39)36-29(30(32,33)34)14-12-20(13-15-29)19-6-2-1-3-7-19/h1-14,16-17H,15,18H2,(H2,35,36,39)(H2,40,41,42). The average molecular weight is 646 g/mol. The van der Waals surface area contributed by atoms with Gasteiger partial charge in [-0.2, -0.15) is 13.2 Å². The molecule has 44 heavy (non-hydrogen) atoms. The molecular weight excluding hydrogens is 622 g/mol. The molecule has 1 heterocycles. The zero-order valence-electron chi connectivity index (χ0n) is 22.6. The molecule has 228 valence electrons. The van der Waals surface area contributed by atoms with Crippen LogP contribution in [-0.4, -0.2) is 38.0 Å². The lowest BCUT2D eigenvalue weighted by atomic mass is 9.86. The summed E-state index contributed by atoms with van der Waals surface area (Å²) in [6, 6.07) is 18.1. The Morgan fingerprint density at radius 2 is 1.75 bits per heavy atom. The predicted molar refractivity (Wildman–Crippen MR) is 159 cm³/mol. The second-order valence-electron chi connectivity index (χ2n) is 9.91. The van der Waals surface area contributed by atoms with Crippen molar-refractivity contribution in [2.45, 2.75) is 24.7 Å². The van der Waals surface area contributed by atoms with Gasteiger partial charge in [0.2, 0.25) is 0 Å². The Morgan fingerprint density at radius 1 is 1.05 bits per heavy atom. The smallest absolute Gasteiger partial charge is 0.320 e. The maximum atomic E-state index is 14.4. The molecule has 9 nitrogen and oxygen atoms in total. The molecule has 5 rings (SSSR count). The van der Waals surface area contributed by atoms with E-state index in [2.05, 4.69) is 15.2 Å². The van der Waals surface area contributed by atoms with Gasteiger partial charge in [0.15, 0.2) is 5.54 Å². The van der Waals surface area contributed by atoms with E-state index in [9.17, 15) is 27.3 Å². The molecule has 14 heteroatoms. The van der Waals surface area contributed by atoms with Crippen molar-refractivity contribution in [1.82, 2.24) is 9.88 Å². The highest BCUT2D eigenvalue weighted by atomic mass is 35.5. The monoisotopic (exact) mass is 645 g/mol. The Kier molecular flexibility index (Phi) is 8.57. The van der Waals surface area contributed by atoms with Crippen LogP contribution in [0.4, 0.5) is 23.7 Å². The first-order valence-corrected chi connectivity index (χ1v) is 14.9. The number of halogens is 4. The fourth-order valence-corrected chi connectivity index (χ4v) is 5.30. The summed E-state index contributed by atoms with van der Waals surface area (Å²) < 4.78 is 60.0. The van der Waals surface area contributed by atoms with Gasteiger partial charge in [-0.25, -0.2) is 9.36 Å². The van der Waals surface area contributed by atoms with Crippen LogP contribution in [0.15, 0.2) is 97.2 Å². The summed E-state index contributed by atoms with van der Waals surface area (Å²) in [5.41, 5.74) is -0.924. The highest BCUT2D eigenvalue weighted by Gasteiger charge is 2.54. The van der Waals surface area contributed by atoms with Gasteiger partial charge in [-0.15, -0.1) is 0 Å². The molecule has 0 bridgehead atoms. The maximum absolute atomic E-state index is 14.4. The number of nitrogens with one attached hydrogen (secondary N) is 2. The molecule has 1 atom stereocenters. The fraction of sp³-hybridized carbons (Fsp3) is 0.133. The highest BCUT2D eigenvalue weighted by molar-refractivity contribution is 7.46. The molecule has 0 saturated carbocycles. The quantitative estimate of drug-likeness (QED) is 0.159. The Morgan fingerprint density at radius 3 is 2.41 bits per heavy atom. The van der Waals surface area contributed by atoms with Crippen LogP contribution < -0.4 is 10.6 Å². The minimum atomic E-state index is -4.84. The summed E-state index contributed by atoms with van der Waals surface area (Å²) in [5, 5.41) is 4.98. The van der Waals surface area contributed by atoms with Crippen molar-refractivity contribution in [3.8, 4) is 0 Å². The summed E-state index contributed by atoms with van der Waals surface area (Å²) in [5.74, 6) is -0.656. The predicted octanol–water partition coefficient (Wildman–Crippen LogP) is 7.06. The highest BCUT2D eigenvalue weighted by Crippen LogP contribution is 2.40. The number of alkyl halides is 3. The largest absolute Gasteiger partial charge is 0.469 e. The van der Waals surface area contributed by atoms with Crippen molar-refractivity contribution < 1.29 is 41.6 Å². The van der Waals surface area contributed by atoms with E-state index in [1.165, 1.54) is 54.7 Å². The summed E-state index contributed by atoms with van der Waals surface area (Å²) in [4.78, 5) is 44.9. The molecule has 0 saturated heterocycles. The van der Waals surface area contributed by atoms with Crippen molar-refractivity contribution in [1.29, 1.82) is 0 Å². The second-order valence-corrected chi connectivity index (χ2v) is 11.6. The van der Waals surface area contributed by atoms with E-state index in [1.54, 1.807) is 36.4 Å². The minimum absolute atomic E-state index is 0.00470. The van der Waals surface area contributed by atoms with Gasteiger partial charge in [0, 0.05) is 28.6 Å². The SMILES string of the molecule is O=C(Nc1cn(C(=O)c2ccccc2COP(=O)(O)O)c2ccc(Cl)cc12)NC1(C(F)(F)F)C=CC(c2ccccc2)=CC1. The number of hydrogen-bond acceptors (Lipinski definition) is 4. The van der Waals surface area contributed by atoms with E-state index in [1.807, 2.05) is 0 Å². The first-order chi connectivity index (χ1) is 20.8. The van der Waals surface area contributed by atoms with Crippen molar-refractivity contribution in [3.05, 3.63) is 119 Å². The Hall–Kier alpha value is -4.19. The number of carbonyl (C=O) groups excluding carboxylic acids is 2. The van der Waals surface area contributed by atoms with Crippen LogP contribution in [0.2, 0.25) is 5.02 Å². The Bertz CT molecular complexity index is 1850. The van der Waals surface area contributed by atoms with Crippen LogP contribution >= 0.6 is 19.4 Å². The third kappa shape index (κ3) is 6.64. The van der Waals surface area contributed by atoms with E-state index in [0.29, 0.717) is 5.57 Å². The summed E-state index contributed by atoms with van der Waals surface area (Å²) in [6.45, 7) is -0.571. The molecule has 0 aliphatic heterocycles. The zero-order valence-corrected chi connectivity index (χ0v) is 24.2. The lowest BCUT2D eigenvalue weighted by Gasteiger charge is -2.35. The minimum Gasteiger partial charge on any atom is -0.320 e. The number of amides is 2. The van der Waals surface area contributed by atoms with Crippen LogP contribution in [0.3, 0.4) is 0 Å². The van der Waals surface area contributed by atoms with E-state index in [-0.39, 0.29) is 32.7 Å². The van der Waals surface area contributed by atoms with Crippen LogP contribution in [-0.2, 0) is 15.7 Å². The Labute approximate surface area is 253 Å². The fourth-order valence-electron chi connectivity index (χ4n) is 4.82. The third-order valence-corrected chi connectivity index (χ3v) is 7.71. The topological polar surface area (TPSA) is 130 Å². The number of hydrogen-bond donors (Lipinski definition) is 4. The summed E-state index contributed by atoms with van der Waals surface area (Å²) >= 11 is 6.17. The van der Waals surface area contributed by atoms with Gasteiger partial charge in [-0.1, -0.05) is 72.3 Å². The molecule has 1 aromatic heterocycles. The second kappa shape index (κ2) is 12.1. The van der Waals surface area contributed by atoms with Gasteiger partial charge in [0.1, 0.15) is 0 Å². The van der Waals surface area contributed by atoms with Crippen LogP contribution in [0.1, 0.15) is 27.9 Å². The summed E-state index contributed by atoms with van der Waals surface area (Å²) in [7, 11) is -4.84. The van der Waals surface area contributed by atoms with Crippen molar-refractivity contribution in [2.75, 3.05) is 5.32 Å². The number of phosphoric acid groups is 1.